The number of rotatable bonds is 6. The Bertz CT molecular complexity index is 395. The summed E-state index contributed by atoms with van der Waals surface area (Å²) in [6.07, 6.45) is 2.58. The summed E-state index contributed by atoms with van der Waals surface area (Å²) in [6, 6.07) is 5.12. The fourth-order valence-electron chi connectivity index (χ4n) is 1.56. The summed E-state index contributed by atoms with van der Waals surface area (Å²) in [5, 5.41) is 3.32. The van der Waals surface area contributed by atoms with Crippen molar-refractivity contribution in [1.29, 1.82) is 0 Å². The molecule has 0 radical (unpaired) electrons. The molecule has 0 aromatic heterocycles. The first-order chi connectivity index (χ1) is 7.99. The lowest BCUT2D eigenvalue weighted by atomic mass is 10.1. The van der Waals surface area contributed by atoms with Crippen molar-refractivity contribution >= 4 is 10.8 Å². The van der Waals surface area contributed by atoms with Crippen LogP contribution in [-0.2, 0) is 17.3 Å². The Morgan fingerprint density at radius 3 is 2.82 bits per heavy atom. The SMILES string of the molecule is Cc1ccc(F)cc1CNC(C)CCS(C)=O. The second kappa shape index (κ2) is 6.87. The molecule has 0 spiro atoms. The fraction of sp³-hybridized carbons (Fsp3) is 0.538. The van der Waals surface area contributed by atoms with Gasteiger partial charge < -0.3 is 5.32 Å². The van der Waals surface area contributed by atoms with E-state index in [1.165, 1.54) is 6.07 Å². The maximum atomic E-state index is 13.1. The van der Waals surface area contributed by atoms with Crippen LogP contribution in [0.3, 0.4) is 0 Å². The van der Waals surface area contributed by atoms with Crippen molar-refractivity contribution in [3.63, 3.8) is 0 Å². The first-order valence-electron chi connectivity index (χ1n) is 5.77. The van der Waals surface area contributed by atoms with Gasteiger partial charge in [0.2, 0.25) is 0 Å². The minimum absolute atomic E-state index is 0.199. The average Bonchev–Trinajstić information content (AvgIpc) is 2.27. The molecule has 0 saturated heterocycles. The van der Waals surface area contributed by atoms with Crippen molar-refractivity contribution in [3.05, 3.63) is 35.1 Å². The highest BCUT2D eigenvalue weighted by atomic mass is 32.2. The topological polar surface area (TPSA) is 29.1 Å². The van der Waals surface area contributed by atoms with Gasteiger partial charge in [0.1, 0.15) is 5.82 Å². The number of nitrogens with one attached hydrogen (secondary N) is 1. The number of hydrogen-bond donors (Lipinski definition) is 1. The molecular formula is C13H20FNOS. The van der Waals surface area contributed by atoms with Crippen molar-refractivity contribution in [3.8, 4) is 0 Å². The second-order valence-electron chi connectivity index (χ2n) is 4.42. The zero-order valence-corrected chi connectivity index (χ0v) is 11.4. The van der Waals surface area contributed by atoms with E-state index in [4.69, 9.17) is 0 Å². The van der Waals surface area contributed by atoms with E-state index in [0.29, 0.717) is 18.3 Å². The Kier molecular flexibility index (Phi) is 5.78. The van der Waals surface area contributed by atoms with Crippen molar-refractivity contribution in [2.24, 2.45) is 0 Å². The third kappa shape index (κ3) is 5.41. The minimum atomic E-state index is -0.742. The van der Waals surface area contributed by atoms with Gasteiger partial charge in [0.15, 0.2) is 0 Å². The largest absolute Gasteiger partial charge is 0.310 e. The van der Waals surface area contributed by atoms with Crippen molar-refractivity contribution in [2.75, 3.05) is 12.0 Å². The molecule has 1 aromatic carbocycles. The number of benzene rings is 1. The van der Waals surface area contributed by atoms with Crippen LogP contribution >= 0.6 is 0 Å². The first-order valence-corrected chi connectivity index (χ1v) is 7.50. The fourth-order valence-corrected chi connectivity index (χ4v) is 2.24. The van der Waals surface area contributed by atoms with E-state index in [2.05, 4.69) is 12.2 Å². The molecule has 0 bridgehead atoms. The quantitative estimate of drug-likeness (QED) is 0.848. The van der Waals surface area contributed by atoms with E-state index in [0.717, 1.165) is 17.5 Å². The number of hydrogen-bond acceptors (Lipinski definition) is 2. The molecule has 0 heterocycles. The van der Waals surface area contributed by atoms with Gasteiger partial charge >= 0.3 is 0 Å². The first kappa shape index (κ1) is 14.3. The van der Waals surface area contributed by atoms with Gasteiger partial charge in [-0.1, -0.05) is 6.07 Å². The van der Waals surface area contributed by atoms with Gasteiger partial charge in [-0.05, 0) is 43.5 Å². The smallest absolute Gasteiger partial charge is 0.123 e. The van der Waals surface area contributed by atoms with Gasteiger partial charge in [0.05, 0.1) is 0 Å². The molecule has 1 aromatic rings. The molecule has 0 aliphatic heterocycles. The maximum Gasteiger partial charge on any atom is 0.123 e. The van der Waals surface area contributed by atoms with Gasteiger partial charge in [-0.3, -0.25) is 4.21 Å². The van der Waals surface area contributed by atoms with Gasteiger partial charge in [-0.25, -0.2) is 4.39 Å². The molecule has 0 aliphatic carbocycles. The van der Waals surface area contributed by atoms with Crippen LogP contribution < -0.4 is 5.32 Å². The Balaban J connectivity index is 2.44. The summed E-state index contributed by atoms with van der Waals surface area (Å²) in [4.78, 5) is 0. The van der Waals surface area contributed by atoms with Crippen LogP contribution in [0.2, 0.25) is 0 Å². The molecular weight excluding hydrogens is 237 g/mol. The zero-order chi connectivity index (χ0) is 12.8. The lowest BCUT2D eigenvalue weighted by molar-refractivity contribution is 0.531. The van der Waals surface area contributed by atoms with E-state index in [-0.39, 0.29) is 5.82 Å². The zero-order valence-electron chi connectivity index (χ0n) is 10.6. The molecule has 0 saturated carbocycles. The lowest BCUT2D eigenvalue weighted by Gasteiger charge is -2.14. The Hall–Kier alpha value is -0.740. The van der Waals surface area contributed by atoms with Crippen molar-refractivity contribution in [2.45, 2.75) is 32.9 Å². The summed E-state index contributed by atoms with van der Waals surface area (Å²) in [6.45, 7) is 4.69. The Morgan fingerprint density at radius 2 is 2.18 bits per heavy atom. The van der Waals surface area contributed by atoms with E-state index < -0.39 is 10.8 Å². The van der Waals surface area contributed by atoms with E-state index in [9.17, 15) is 8.60 Å². The summed E-state index contributed by atoms with van der Waals surface area (Å²) < 4.78 is 24.0. The number of aryl methyl sites for hydroxylation is 1. The van der Waals surface area contributed by atoms with E-state index in [1.807, 2.05) is 6.92 Å². The number of halogens is 1. The van der Waals surface area contributed by atoms with Crippen LogP contribution in [0.25, 0.3) is 0 Å². The highest BCUT2D eigenvalue weighted by Crippen LogP contribution is 2.10. The van der Waals surface area contributed by atoms with E-state index in [1.54, 1.807) is 18.4 Å². The maximum absolute atomic E-state index is 13.1. The van der Waals surface area contributed by atoms with E-state index >= 15 is 0 Å². The molecule has 1 rings (SSSR count). The van der Waals surface area contributed by atoms with Crippen LogP contribution in [0.5, 0.6) is 0 Å². The molecule has 2 atom stereocenters. The molecule has 2 nitrogen and oxygen atoms in total. The normalized spacial score (nSPS) is 14.6. The highest BCUT2D eigenvalue weighted by molar-refractivity contribution is 7.84. The third-order valence-electron chi connectivity index (χ3n) is 2.79. The van der Waals surface area contributed by atoms with Crippen LogP contribution in [0.15, 0.2) is 18.2 Å². The standard InChI is InChI=1S/C13H20FNOS/c1-10-4-5-13(14)8-12(10)9-15-11(2)6-7-17(3)16/h4-5,8,11,15H,6-7,9H2,1-3H3. The second-order valence-corrected chi connectivity index (χ2v) is 5.97. The van der Waals surface area contributed by atoms with Crippen molar-refractivity contribution in [1.82, 2.24) is 5.32 Å². The summed E-state index contributed by atoms with van der Waals surface area (Å²) in [7, 11) is -0.742. The Labute approximate surface area is 105 Å². The van der Waals surface area contributed by atoms with Gasteiger partial charge in [-0.15, -0.1) is 0 Å². The predicted molar refractivity (Wildman–Crippen MR) is 71.0 cm³/mol. The van der Waals surface area contributed by atoms with Gasteiger partial charge in [0.25, 0.3) is 0 Å². The van der Waals surface area contributed by atoms with Gasteiger partial charge in [-0.2, -0.15) is 0 Å². The molecule has 17 heavy (non-hydrogen) atoms. The van der Waals surface area contributed by atoms with Crippen LogP contribution in [0.1, 0.15) is 24.5 Å². The summed E-state index contributed by atoms with van der Waals surface area (Å²) >= 11 is 0. The van der Waals surface area contributed by atoms with Crippen LogP contribution in [0.4, 0.5) is 4.39 Å². The molecule has 96 valence electrons. The van der Waals surface area contributed by atoms with Gasteiger partial charge in [0, 0.05) is 35.4 Å². The highest BCUT2D eigenvalue weighted by Gasteiger charge is 2.05. The monoisotopic (exact) mass is 257 g/mol. The molecule has 4 heteroatoms. The minimum Gasteiger partial charge on any atom is -0.310 e. The molecule has 2 unspecified atom stereocenters. The molecule has 0 aliphatic rings. The summed E-state index contributed by atoms with van der Waals surface area (Å²) in [5.41, 5.74) is 2.07. The molecule has 0 amide bonds. The molecule has 0 fully saturated rings. The van der Waals surface area contributed by atoms with Crippen LogP contribution in [-0.4, -0.2) is 22.3 Å². The van der Waals surface area contributed by atoms with Crippen molar-refractivity contribution < 1.29 is 8.60 Å². The predicted octanol–water partition coefficient (Wildman–Crippen LogP) is 2.38. The molecule has 1 N–H and O–H groups in total. The average molecular weight is 257 g/mol. The van der Waals surface area contributed by atoms with Crippen LogP contribution in [0, 0.1) is 12.7 Å². The summed E-state index contributed by atoms with van der Waals surface area (Å²) in [5.74, 6) is 0.505. The third-order valence-corrected chi connectivity index (χ3v) is 3.60. The lowest BCUT2D eigenvalue weighted by Crippen LogP contribution is -2.27. The Morgan fingerprint density at radius 1 is 1.47 bits per heavy atom.